The Labute approximate surface area is 147 Å². The van der Waals surface area contributed by atoms with E-state index in [1.165, 1.54) is 0 Å². The predicted molar refractivity (Wildman–Crippen MR) is 93.4 cm³/mol. The molecule has 2 atom stereocenters. The van der Waals surface area contributed by atoms with Crippen molar-refractivity contribution in [1.29, 1.82) is 0 Å². The van der Waals surface area contributed by atoms with E-state index in [9.17, 15) is 14.7 Å². The van der Waals surface area contributed by atoms with Crippen LogP contribution in [0.25, 0.3) is 0 Å². The number of carboxylic acid groups (broad SMARTS) is 1. The van der Waals surface area contributed by atoms with Gasteiger partial charge in [-0.3, -0.25) is 4.79 Å². The van der Waals surface area contributed by atoms with Crippen molar-refractivity contribution >= 4 is 12.0 Å². The minimum absolute atomic E-state index is 0.0806. The summed E-state index contributed by atoms with van der Waals surface area (Å²) in [6.45, 7) is 5.31. The zero-order chi connectivity index (χ0) is 17.9. The van der Waals surface area contributed by atoms with Crippen LogP contribution in [0.4, 0.5) is 4.79 Å². The summed E-state index contributed by atoms with van der Waals surface area (Å²) in [4.78, 5) is 25.7. The molecule has 1 aliphatic heterocycles. The van der Waals surface area contributed by atoms with Crippen molar-refractivity contribution < 1.29 is 19.4 Å². The molecule has 6 heteroatoms. The van der Waals surface area contributed by atoms with E-state index in [0.717, 1.165) is 24.2 Å². The van der Waals surface area contributed by atoms with E-state index in [2.05, 4.69) is 11.9 Å². The average Bonchev–Trinajstić information content (AvgIpc) is 3.17. The third-order valence-electron chi connectivity index (χ3n) is 5.32. The number of urea groups is 1. The molecular formula is C19H24N2O4. The third kappa shape index (κ3) is 3.48. The normalized spacial score (nSPS) is 24.6. The lowest BCUT2D eigenvalue weighted by atomic mass is 9.81. The number of hydrogen-bond donors (Lipinski definition) is 2. The number of amides is 2. The number of nitrogens with one attached hydrogen (secondary N) is 1. The quantitative estimate of drug-likeness (QED) is 0.778. The van der Waals surface area contributed by atoms with Gasteiger partial charge in [0.2, 0.25) is 0 Å². The highest BCUT2D eigenvalue weighted by Gasteiger charge is 2.55. The predicted octanol–water partition coefficient (Wildman–Crippen LogP) is 2.65. The molecule has 0 spiro atoms. The summed E-state index contributed by atoms with van der Waals surface area (Å²) in [7, 11) is 0. The van der Waals surface area contributed by atoms with Crippen LogP contribution in [0.5, 0.6) is 5.75 Å². The number of ether oxygens (including phenoxy) is 1. The molecule has 1 saturated heterocycles. The number of rotatable bonds is 6. The molecule has 0 unspecified atom stereocenters. The number of aliphatic carboxylic acids is 1. The first-order valence-corrected chi connectivity index (χ1v) is 8.64. The molecule has 6 nitrogen and oxygen atoms in total. The molecule has 1 heterocycles. The number of carbonyl (C=O) groups is 2. The lowest BCUT2D eigenvalue weighted by Gasteiger charge is -2.23. The fourth-order valence-corrected chi connectivity index (χ4v) is 3.94. The highest BCUT2D eigenvalue weighted by Crippen LogP contribution is 2.48. The Kier molecular flexibility index (Phi) is 4.97. The molecule has 2 aliphatic rings. The van der Waals surface area contributed by atoms with E-state index in [1.54, 1.807) is 11.0 Å². The van der Waals surface area contributed by atoms with Crippen molar-refractivity contribution in [3.05, 3.63) is 42.5 Å². The van der Waals surface area contributed by atoms with Crippen molar-refractivity contribution in [2.45, 2.75) is 25.8 Å². The second kappa shape index (κ2) is 7.17. The van der Waals surface area contributed by atoms with Gasteiger partial charge in [0.1, 0.15) is 12.4 Å². The first-order chi connectivity index (χ1) is 12.0. The molecule has 1 saturated carbocycles. The number of hydrogen-bond acceptors (Lipinski definition) is 3. The number of nitrogens with zero attached hydrogens (tertiary/aromatic N) is 1. The molecule has 0 aromatic heterocycles. The summed E-state index contributed by atoms with van der Waals surface area (Å²) in [6, 6.07) is 7.31. The highest BCUT2D eigenvalue weighted by atomic mass is 16.5. The Morgan fingerprint density at radius 1 is 1.40 bits per heavy atom. The van der Waals surface area contributed by atoms with Gasteiger partial charge < -0.3 is 20.1 Å². The molecule has 0 bridgehead atoms. The fraction of sp³-hybridized carbons (Fsp3) is 0.474. The van der Waals surface area contributed by atoms with Crippen LogP contribution >= 0.6 is 0 Å². The van der Waals surface area contributed by atoms with Crippen molar-refractivity contribution in [3.8, 4) is 5.75 Å². The van der Waals surface area contributed by atoms with E-state index in [-0.39, 0.29) is 11.9 Å². The average molecular weight is 344 g/mol. The van der Waals surface area contributed by atoms with E-state index < -0.39 is 11.4 Å². The van der Waals surface area contributed by atoms with Crippen LogP contribution in [0.2, 0.25) is 0 Å². The topological polar surface area (TPSA) is 78.9 Å². The van der Waals surface area contributed by atoms with Crippen LogP contribution in [-0.2, 0) is 11.3 Å². The Hall–Kier alpha value is -2.50. The monoisotopic (exact) mass is 344 g/mol. The van der Waals surface area contributed by atoms with Gasteiger partial charge in [0.25, 0.3) is 0 Å². The van der Waals surface area contributed by atoms with Gasteiger partial charge in [0.15, 0.2) is 0 Å². The molecule has 3 rings (SSSR count). The van der Waals surface area contributed by atoms with E-state index in [4.69, 9.17) is 4.74 Å². The second-order valence-electron chi connectivity index (χ2n) is 6.83. The highest BCUT2D eigenvalue weighted by molar-refractivity contribution is 5.80. The standard InChI is InChI=1S/C19H24N2O4/c1-2-10-25-16-7-5-14(6-8-16)11-20-18(24)21-12-15-4-3-9-19(15,13-21)17(22)23/h2,5-8,15H,1,3-4,9-13H2,(H,20,24)(H,22,23)/t15-,19+/m0/s1. The molecule has 1 aromatic carbocycles. The maximum Gasteiger partial charge on any atom is 0.317 e. The van der Waals surface area contributed by atoms with Gasteiger partial charge in [0, 0.05) is 19.6 Å². The van der Waals surface area contributed by atoms with E-state index >= 15 is 0 Å². The van der Waals surface area contributed by atoms with Crippen LogP contribution in [0.1, 0.15) is 24.8 Å². The summed E-state index contributed by atoms with van der Waals surface area (Å²) in [5.41, 5.74) is 0.230. The molecule has 25 heavy (non-hydrogen) atoms. The summed E-state index contributed by atoms with van der Waals surface area (Å²) >= 11 is 0. The van der Waals surface area contributed by atoms with Gasteiger partial charge in [-0.15, -0.1) is 0 Å². The molecule has 1 aromatic rings. The molecular weight excluding hydrogens is 320 g/mol. The Balaban J connectivity index is 1.53. The van der Waals surface area contributed by atoms with E-state index in [1.807, 2.05) is 24.3 Å². The summed E-state index contributed by atoms with van der Waals surface area (Å²) in [5, 5.41) is 12.5. The smallest absolute Gasteiger partial charge is 0.317 e. The van der Waals surface area contributed by atoms with Crippen molar-refractivity contribution in [3.63, 3.8) is 0 Å². The summed E-state index contributed by atoms with van der Waals surface area (Å²) in [6.07, 6.45) is 4.18. The molecule has 0 radical (unpaired) electrons. The lowest BCUT2D eigenvalue weighted by molar-refractivity contribution is -0.149. The first-order valence-electron chi connectivity index (χ1n) is 8.64. The van der Waals surface area contributed by atoms with E-state index in [0.29, 0.717) is 32.7 Å². The van der Waals surface area contributed by atoms with Gasteiger partial charge in [0.05, 0.1) is 5.41 Å². The number of benzene rings is 1. The maximum absolute atomic E-state index is 12.4. The molecule has 2 fully saturated rings. The summed E-state index contributed by atoms with van der Waals surface area (Å²) in [5.74, 6) is 0.0724. The fourth-order valence-electron chi connectivity index (χ4n) is 3.94. The second-order valence-corrected chi connectivity index (χ2v) is 6.83. The molecule has 2 N–H and O–H groups in total. The SMILES string of the molecule is C=CCOc1ccc(CNC(=O)N2C[C@@H]3CCC[C@@]3(C(=O)O)C2)cc1. The zero-order valence-corrected chi connectivity index (χ0v) is 14.2. The molecule has 1 aliphatic carbocycles. The lowest BCUT2D eigenvalue weighted by Crippen LogP contribution is -2.41. The van der Waals surface area contributed by atoms with Crippen molar-refractivity contribution in [2.24, 2.45) is 11.3 Å². The molecule has 134 valence electrons. The van der Waals surface area contributed by atoms with Gasteiger partial charge in [-0.2, -0.15) is 0 Å². The van der Waals surface area contributed by atoms with Gasteiger partial charge in [-0.25, -0.2) is 4.79 Å². The van der Waals surface area contributed by atoms with Gasteiger partial charge in [-0.1, -0.05) is 31.2 Å². The van der Waals surface area contributed by atoms with Gasteiger partial charge in [-0.05, 0) is 36.5 Å². The number of carbonyl (C=O) groups excluding carboxylic acids is 1. The summed E-state index contributed by atoms with van der Waals surface area (Å²) < 4.78 is 5.42. The minimum Gasteiger partial charge on any atom is -0.490 e. The number of carboxylic acids is 1. The third-order valence-corrected chi connectivity index (χ3v) is 5.32. The van der Waals surface area contributed by atoms with Crippen molar-refractivity contribution in [1.82, 2.24) is 10.2 Å². The van der Waals surface area contributed by atoms with Gasteiger partial charge >= 0.3 is 12.0 Å². The van der Waals surface area contributed by atoms with Crippen LogP contribution in [0.15, 0.2) is 36.9 Å². The Morgan fingerprint density at radius 3 is 2.80 bits per heavy atom. The number of fused-ring (bicyclic) bond motifs is 1. The number of likely N-dealkylation sites (tertiary alicyclic amines) is 1. The van der Waals surface area contributed by atoms with Crippen LogP contribution < -0.4 is 10.1 Å². The Bertz CT molecular complexity index is 658. The minimum atomic E-state index is -0.764. The first kappa shape index (κ1) is 17.3. The van der Waals surface area contributed by atoms with Crippen LogP contribution in [0, 0.1) is 11.3 Å². The van der Waals surface area contributed by atoms with Crippen LogP contribution in [-0.4, -0.2) is 41.7 Å². The van der Waals surface area contributed by atoms with Crippen molar-refractivity contribution in [2.75, 3.05) is 19.7 Å². The zero-order valence-electron chi connectivity index (χ0n) is 14.2. The maximum atomic E-state index is 12.4. The Morgan fingerprint density at radius 2 is 2.16 bits per heavy atom. The van der Waals surface area contributed by atoms with Crippen LogP contribution in [0.3, 0.4) is 0 Å². The largest absolute Gasteiger partial charge is 0.490 e. The molecule has 2 amide bonds.